The molecule has 8 heteroatoms. The van der Waals surface area contributed by atoms with Crippen LogP contribution in [-0.2, 0) is 17.8 Å². The maximum Gasteiger partial charge on any atom is 0.267 e. The molecule has 7 nitrogen and oxygen atoms in total. The fourth-order valence-electron chi connectivity index (χ4n) is 4.42. The van der Waals surface area contributed by atoms with Gasteiger partial charge in [-0.1, -0.05) is 6.07 Å². The minimum Gasteiger partial charge on any atom is -0.341 e. The number of carbonyl (C=O) groups is 1. The fraction of sp³-hybridized carbons (Fsp3) is 0.478. The molecule has 1 saturated heterocycles. The maximum absolute atomic E-state index is 13.0. The van der Waals surface area contributed by atoms with E-state index in [-0.39, 0.29) is 17.5 Å². The molecule has 0 saturated carbocycles. The summed E-state index contributed by atoms with van der Waals surface area (Å²) < 4.78 is 3.57. The lowest BCUT2D eigenvalue weighted by Crippen LogP contribution is -2.43. The summed E-state index contributed by atoms with van der Waals surface area (Å²) in [4.78, 5) is 28.4. The van der Waals surface area contributed by atoms with Crippen LogP contribution in [0.1, 0.15) is 49.2 Å². The molecular weight excluding hydrogens is 410 g/mol. The summed E-state index contributed by atoms with van der Waals surface area (Å²) in [6, 6.07) is 7.25. The highest BCUT2D eigenvalue weighted by atomic mass is 32.1. The third-order valence-electron chi connectivity index (χ3n) is 6.11. The van der Waals surface area contributed by atoms with Crippen molar-refractivity contribution in [2.75, 3.05) is 13.1 Å². The molecule has 0 aromatic carbocycles. The molecule has 3 aromatic heterocycles. The Bertz CT molecular complexity index is 1120. The van der Waals surface area contributed by atoms with E-state index in [1.165, 1.54) is 5.56 Å². The molecule has 0 N–H and O–H groups in total. The van der Waals surface area contributed by atoms with E-state index >= 15 is 0 Å². The van der Waals surface area contributed by atoms with Crippen LogP contribution in [0.15, 0.2) is 34.4 Å². The molecule has 1 amide bonds. The monoisotopic (exact) mass is 439 g/mol. The topological polar surface area (TPSA) is 73.0 Å². The van der Waals surface area contributed by atoms with E-state index < -0.39 is 0 Å². The number of carbonyl (C=O) groups excluding carboxylic acids is 1. The molecule has 3 aromatic rings. The Kier molecular flexibility index (Phi) is 6.36. The Labute approximate surface area is 186 Å². The number of piperidine rings is 1. The van der Waals surface area contributed by atoms with Crippen molar-refractivity contribution in [1.29, 1.82) is 0 Å². The van der Waals surface area contributed by atoms with E-state index in [1.807, 2.05) is 34.0 Å². The first-order chi connectivity index (χ1) is 15.0. The fourth-order valence-corrected chi connectivity index (χ4v) is 5.11. The summed E-state index contributed by atoms with van der Waals surface area (Å²) in [6.07, 6.45) is 2.89. The molecule has 0 unspecified atom stereocenters. The van der Waals surface area contributed by atoms with E-state index in [9.17, 15) is 9.59 Å². The smallest absolute Gasteiger partial charge is 0.267 e. The molecule has 0 radical (unpaired) electrons. The zero-order valence-electron chi connectivity index (χ0n) is 18.4. The van der Waals surface area contributed by atoms with Gasteiger partial charge in [0.1, 0.15) is 5.69 Å². The second kappa shape index (κ2) is 9.18. The van der Waals surface area contributed by atoms with E-state index in [4.69, 9.17) is 0 Å². The van der Waals surface area contributed by atoms with Gasteiger partial charge in [0.2, 0.25) is 5.91 Å². The summed E-state index contributed by atoms with van der Waals surface area (Å²) in [5, 5.41) is 11.2. The highest BCUT2D eigenvalue weighted by molar-refractivity contribution is 7.13. The van der Waals surface area contributed by atoms with Crippen molar-refractivity contribution in [3.63, 3.8) is 0 Å². The molecule has 0 spiro atoms. The largest absolute Gasteiger partial charge is 0.341 e. The Morgan fingerprint density at radius 1 is 1.23 bits per heavy atom. The van der Waals surface area contributed by atoms with Crippen LogP contribution in [0.25, 0.3) is 10.6 Å². The van der Waals surface area contributed by atoms with Gasteiger partial charge < -0.3 is 4.90 Å². The van der Waals surface area contributed by atoms with E-state index in [2.05, 4.69) is 24.0 Å². The normalized spacial score (nSPS) is 16.6. The predicted molar refractivity (Wildman–Crippen MR) is 122 cm³/mol. The lowest BCUT2D eigenvalue weighted by atomic mass is 10.0. The number of aromatic nitrogens is 4. The summed E-state index contributed by atoms with van der Waals surface area (Å²) >= 11 is 1.60. The minimum absolute atomic E-state index is 0.0866. The molecule has 1 atom stereocenters. The van der Waals surface area contributed by atoms with Gasteiger partial charge in [0.25, 0.3) is 5.56 Å². The van der Waals surface area contributed by atoms with Crippen LogP contribution in [0.3, 0.4) is 0 Å². The van der Waals surface area contributed by atoms with Gasteiger partial charge in [-0.25, -0.2) is 4.68 Å². The van der Waals surface area contributed by atoms with Gasteiger partial charge in [-0.15, -0.1) is 11.3 Å². The Balaban J connectivity index is 1.45. The van der Waals surface area contributed by atoms with Gasteiger partial charge >= 0.3 is 0 Å². The number of thiophene rings is 1. The van der Waals surface area contributed by atoms with Crippen molar-refractivity contribution >= 4 is 17.2 Å². The van der Waals surface area contributed by atoms with Crippen molar-refractivity contribution in [3.8, 4) is 10.6 Å². The van der Waals surface area contributed by atoms with Crippen LogP contribution in [0.2, 0.25) is 0 Å². The Morgan fingerprint density at radius 3 is 2.77 bits per heavy atom. The van der Waals surface area contributed by atoms with Crippen molar-refractivity contribution < 1.29 is 4.79 Å². The summed E-state index contributed by atoms with van der Waals surface area (Å²) in [6.45, 7) is 8.26. The number of hydrogen-bond acceptors (Lipinski definition) is 5. The quantitative estimate of drug-likeness (QED) is 0.588. The van der Waals surface area contributed by atoms with Crippen molar-refractivity contribution in [2.45, 2.75) is 59.0 Å². The number of nitrogens with zero attached hydrogens (tertiary/aromatic N) is 5. The summed E-state index contributed by atoms with van der Waals surface area (Å²) in [7, 11) is 0. The molecule has 4 rings (SSSR count). The average molecular weight is 440 g/mol. The molecular formula is C23H29N5O2S. The third-order valence-corrected chi connectivity index (χ3v) is 7.01. The predicted octanol–water partition coefficient (Wildman–Crippen LogP) is 3.60. The zero-order chi connectivity index (χ0) is 22.0. The standard InChI is InChI=1S/C23H29N5O2S/c1-4-27-17(3)19(16(2)24-27)9-11-22(29)26-13-5-7-18(15-26)28-23(30)12-10-20(25-28)21-8-6-14-31-21/h6,8,10,12,14,18H,4-5,7,9,11,13,15H2,1-3H3/t18-/m0/s1. The Hall–Kier alpha value is -2.74. The van der Waals surface area contributed by atoms with Gasteiger partial charge in [-0.3, -0.25) is 14.3 Å². The van der Waals surface area contributed by atoms with Crippen LogP contribution in [0.5, 0.6) is 0 Å². The molecule has 4 heterocycles. The molecule has 1 aliphatic rings. The molecule has 1 fully saturated rings. The number of aryl methyl sites for hydroxylation is 2. The molecule has 164 valence electrons. The number of hydrogen-bond donors (Lipinski definition) is 0. The van der Waals surface area contributed by atoms with Gasteiger partial charge in [-0.05, 0) is 63.1 Å². The molecule has 1 aliphatic heterocycles. The third kappa shape index (κ3) is 4.49. The number of rotatable bonds is 6. The van der Waals surface area contributed by atoms with Crippen LogP contribution in [0, 0.1) is 13.8 Å². The zero-order valence-corrected chi connectivity index (χ0v) is 19.2. The van der Waals surface area contributed by atoms with Crippen LogP contribution >= 0.6 is 11.3 Å². The number of likely N-dealkylation sites (tertiary alicyclic amines) is 1. The molecule has 0 bridgehead atoms. The van der Waals surface area contributed by atoms with Crippen molar-refractivity contribution in [1.82, 2.24) is 24.5 Å². The van der Waals surface area contributed by atoms with Crippen molar-refractivity contribution in [3.05, 3.63) is 57.0 Å². The van der Waals surface area contributed by atoms with Crippen LogP contribution in [-0.4, -0.2) is 43.5 Å². The summed E-state index contributed by atoms with van der Waals surface area (Å²) in [5.41, 5.74) is 4.01. The minimum atomic E-state index is -0.113. The first-order valence-corrected chi connectivity index (χ1v) is 11.8. The van der Waals surface area contributed by atoms with E-state index in [0.717, 1.165) is 47.9 Å². The first kappa shape index (κ1) is 21.5. The van der Waals surface area contributed by atoms with Gasteiger partial charge in [0.05, 0.1) is 16.6 Å². The maximum atomic E-state index is 13.0. The highest BCUT2D eigenvalue weighted by Crippen LogP contribution is 2.25. The number of amides is 1. The molecule has 31 heavy (non-hydrogen) atoms. The van der Waals surface area contributed by atoms with Gasteiger partial charge in [-0.2, -0.15) is 10.2 Å². The lowest BCUT2D eigenvalue weighted by Gasteiger charge is -2.33. The van der Waals surface area contributed by atoms with Crippen LogP contribution in [0.4, 0.5) is 0 Å². The molecule has 0 aliphatic carbocycles. The Morgan fingerprint density at radius 2 is 2.06 bits per heavy atom. The second-order valence-corrected chi connectivity index (χ2v) is 9.03. The second-order valence-electron chi connectivity index (χ2n) is 8.08. The SMILES string of the molecule is CCn1nc(C)c(CCC(=O)N2CCC[C@H](n3nc(-c4cccs4)ccc3=O)C2)c1C. The van der Waals surface area contributed by atoms with E-state index in [0.29, 0.717) is 19.4 Å². The summed E-state index contributed by atoms with van der Waals surface area (Å²) in [5.74, 6) is 0.134. The first-order valence-electron chi connectivity index (χ1n) is 10.9. The highest BCUT2D eigenvalue weighted by Gasteiger charge is 2.26. The van der Waals surface area contributed by atoms with Crippen LogP contribution < -0.4 is 5.56 Å². The van der Waals surface area contributed by atoms with Gasteiger partial charge in [0.15, 0.2) is 0 Å². The van der Waals surface area contributed by atoms with E-state index in [1.54, 1.807) is 28.2 Å². The lowest BCUT2D eigenvalue weighted by molar-refractivity contribution is -0.132. The van der Waals surface area contributed by atoms with Gasteiger partial charge in [0, 0.05) is 37.8 Å². The van der Waals surface area contributed by atoms with Crippen molar-refractivity contribution in [2.24, 2.45) is 0 Å². The average Bonchev–Trinajstić information content (AvgIpc) is 3.41.